The van der Waals surface area contributed by atoms with E-state index in [4.69, 9.17) is 0 Å². The van der Waals surface area contributed by atoms with Gasteiger partial charge >= 0.3 is 0 Å². The lowest BCUT2D eigenvalue weighted by atomic mass is 9.96. The van der Waals surface area contributed by atoms with Gasteiger partial charge < -0.3 is 4.90 Å². The summed E-state index contributed by atoms with van der Waals surface area (Å²) in [4.78, 5) is 2.34. The van der Waals surface area contributed by atoms with Crippen LogP contribution in [0.3, 0.4) is 0 Å². The first-order valence-electron chi connectivity index (χ1n) is 15.7. The minimum absolute atomic E-state index is 1.15. The van der Waals surface area contributed by atoms with Crippen LogP contribution in [-0.2, 0) is 0 Å². The summed E-state index contributed by atoms with van der Waals surface area (Å²) >= 11 is 1.86. The van der Waals surface area contributed by atoms with E-state index in [2.05, 4.69) is 181 Å². The molecule has 46 heavy (non-hydrogen) atoms. The van der Waals surface area contributed by atoms with Crippen LogP contribution in [0, 0.1) is 0 Å². The lowest BCUT2D eigenvalue weighted by Crippen LogP contribution is -2.09. The zero-order valence-corrected chi connectivity index (χ0v) is 25.9. The van der Waals surface area contributed by atoms with Crippen LogP contribution < -0.4 is 4.90 Å². The summed E-state index contributed by atoms with van der Waals surface area (Å²) in [5.74, 6) is 0. The van der Waals surface area contributed by atoms with Crippen LogP contribution in [0.15, 0.2) is 176 Å². The molecule has 2 heteroatoms. The lowest BCUT2D eigenvalue weighted by molar-refractivity contribution is 1.29. The van der Waals surface area contributed by atoms with E-state index in [-0.39, 0.29) is 0 Å². The smallest absolute Gasteiger partial charge is 0.0468 e. The van der Waals surface area contributed by atoms with Crippen molar-refractivity contribution in [2.24, 2.45) is 0 Å². The highest BCUT2D eigenvalue weighted by molar-refractivity contribution is 7.25. The van der Waals surface area contributed by atoms with E-state index in [9.17, 15) is 0 Å². The molecule has 1 aromatic heterocycles. The highest BCUT2D eigenvalue weighted by Crippen LogP contribution is 2.42. The van der Waals surface area contributed by atoms with E-state index in [0.29, 0.717) is 0 Å². The second kappa shape index (κ2) is 11.0. The topological polar surface area (TPSA) is 3.24 Å². The van der Waals surface area contributed by atoms with E-state index in [1.54, 1.807) is 0 Å². The monoisotopic (exact) mass is 603 g/mol. The number of fused-ring (bicyclic) bond motifs is 5. The number of para-hydroxylation sites is 2. The molecule has 1 nitrogen and oxygen atoms in total. The Morgan fingerprint density at radius 3 is 1.35 bits per heavy atom. The average Bonchev–Trinajstić information content (AvgIpc) is 3.49. The van der Waals surface area contributed by atoms with Crippen molar-refractivity contribution in [2.45, 2.75) is 0 Å². The predicted molar refractivity (Wildman–Crippen MR) is 200 cm³/mol. The number of hydrogen-bond acceptors (Lipinski definition) is 2. The molecule has 0 atom stereocenters. The zero-order chi connectivity index (χ0) is 30.5. The highest BCUT2D eigenvalue weighted by atomic mass is 32.1. The summed E-state index contributed by atoms with van der Waals surface area (Å²) in [7, 11) is 0. The van der Waals surface area contributed by atoms with E-state index < -0.39 is 0 Å². The molecule has 0 aliphatic heterocycles. The number of thiophene rings is 1. The first-order valence-corrected chi connectivity index (χ1v) is 16.5. The van der Waals surface area contributed by atoms with Gasteiger partial charge in [-0.2, -0.15) is 0 Å². The van der Waals surface area contributed by atoms with E-state index >= 15 is 0 Å². The molecule has 216 valence electrons. The van der Waals surface area contributed by atoms with Gasteiger partial charge in [0.05, 0.1) is 0 Å². The molecular weight excluding hydrogens is 575 g/mol. The summed E-state index contributed by atoms with van der Waals surface area (Å²) in [6, 6.07) is 64.0. The van der Waals surface area contributed by atoms with Crippen molar-refractivity contribution in [3.05, 3.63) is 176 Å². The van der Waals surface area contributed by atoms with Crippen LogP contribution in [0.5, 0.6) is 0 Å². The maximum atomic E-state index is 2.37. The summed E-state index contributed by atoms with van der Waals surface area (Å²) in [6.45, 7) is 0. The Labute approximate surface area is 272 Å². The zero-order valence-electron chi connectivity index (χ0n) is 25.1. The molecule has 0 aliphatic rings. The molecule has 1 heterocycles. The largest absolute Gasteiger partial charge is 0.310 e. The minimum atomic E-state index is 1.15. The molecule has 0 unspecified atom stereocenters. The normalized spacial score (nSPS) is 11.5. The Hall–Kier alpha value is -5.70. The third kappa shape index (κ3) is 4.72. The average molecular weight is 604 g/mol. The van der Waals surface area contributed by atoms with Gasteiger partial charge in [0.1, 0.15) is 0 Å². The van der Waals surface area contributed by atoms with Crippen molar-refractivity contribution < 1.29 is 0 Å². The fourth-order valence-electron chi connectivity index (χ4n) is 6.66. The van der Waals surface area contributed by atoms with Crippen LogP contribution in [-0.4, -0.2) is 0 Å². The molecule has 0 bridgehead atoms. The molecular formula is C44H29NS. The van der Waals surface area contributed by atoms with Gasteiger partial charge in [-0.1, -0.05) is 103 Å². The minimum Gasteiger partial charge on any atom is -0.310 e. The van der Waals surface area contributed by atoms with Crippen LogP contribution in [0.25, 0.3) is 64.0 Å². The van der Waals surface area contributed by atoms with Gasteiger partial charge in [-0.3, -0.25) is 0 Å². The van der Waals surface area contributed by atoms with Crippen LogP contribution in [0.4, 0.5) is 17.1 Å². The molecule has 0 N–H and O–H groups in total. The molecule has 9 aromatic rings. The fraction of sp³-hybridized carbons (Fsp3) is 0. The van der Waals surface area contributed by atoms with Crippen molar-refractivity contribution in [1.82, 2.24) is 0 Å². The maximum absolute atomic E-state index is 2.37. The van der Waals surface area contributed by atoms with Crippen LogP contribution >= 0.6 is 11.3 Å². The van der Waals surface area contributed by atoms with Crippen molar-refractivity contribution in [3.8, 4) is 22.3 Å². The Balaban J connectivity index is 1.11. The second-order valence-electron chi connectivity index (χ2n) is 11.8. The van der Waals surface area contributed by atoms with Gasteiger partial charge in [0.15, 0.2) is 0 Å². The van der Waals surface area contributed by atoms with E-state index in [0.717, 1.165) is 17.1 Å². The molecule has 0 radical (unpaired) electrons. The second-order valence-corrected chi connectivity index (χ2v) is 12.9. The quantitative estimate of drug-likeness (QED) is 0.189. The fourth-order valence-corrected chi connectivity index (χ4v) is 7.73. The van der Waals surface area contributed by atoms with E-state index in [1.165, 1.54) is 64.0 Å². The van der Waals surface area contributed by atoms with Gasteiger partial charge in [0, 0.05) is 37.2 Å². The number of nitrogens with zero attached hydrogens (tertiary/aromatic N) is 1. The third-order valence-electron chi connectivity index (χ3n) is 9.00. The van der Waals surface area contributed by atoms with Crippen LogP contribution in [0.2, 0.25) is 0 Å². The standard InChI is InChI=1S/C44H29NS/c1-3-11-38(12-4-1)45(39-13-5-2-6-14-39)40-22-24-44-42(29-40)41-28-37(21-23-43(41)46-44)36-20-19-34-26-33(17-18-35(34)27-36)32-16-15-30-9-7-8-10-31(30)25-32/h1-29H. The molecule has 0 saturated carbocycles. The van der Waals surface area contributed by atoms with Crippen molar-refractivity contribution in [1.29, 1.82) is 0 Å². The summed E-state index contributed by atoms with van der Waals surface area (Å²) in [6.07, 6.45) is 0. The number of rotatable bonds is 5. The Kier molecular flexibility index (Phi) is 6.40. The number of benzene rings is 8. The molecule has 9 rings (SSSR count). The Bertz CT molecular complexity index is 2490. The lowest BCUT2D eigenvalue weighted by Gasteiger charge is -2.25. The Morgan fingerprint density at radius 2 is 0.739 bits per heavy atom. The molecule has 0 fully saturated rings. The maximum Gasteiger partial charge on any atom is 0.0468 e. The Morgan fingerprint density at radius 1 is 0.304 bits per heavy atom. The van der Waals surface area contributed by atoms with Crippen molar-refractivity contribution in [3.63, 3.8) is 0 Å². The van der Waals surface area contributed by atoms with Crippen molar-refractivity contribution in [2.75, 3.05) is 4.90 Å². The van der Waals surface area contributed by atoms with Crippen molar-refractivity contribution >= 4 is 70.1 Å². The molecule has 8 aromatic carbocycles. The summed E-state index contributed by atoms with van der Waals surface area (Å²) in [5, 5.41) is 7.63. The van der Waals surface area contributed by atoms with E-state index in [1.807, 2.05) is 11.3 Å². The molecule has 0 amide bonds. The first-order chi connectivity index (χ1) is 22.8. The van der Waals surface area contributed by atoms with Gasteiger partial charge in [-0.05, 0) is 117 Å². The predicted octanol–water partition coefficient (Wildman–Crippen LogP) is 13.2. The first kappa shape index (κ1) is 26.7. The number of hydrogen-bond donors (Lipinski definition) is 0. The van der Waals surface area contributed by atoms with Gasteiger partial charge in [0.2, 0.25) is 0 Å². The highest BCUT2D eigenvalue weighted by Gasteiger charge is 2.15. The molecule has 0 spiro atoms. The summed E-state index contributed by atoms with van der Waals surface area (Å²) < 4.78 is 2.61. The van der Waals surface area contributed by atoms with Crippen LogP contribution in [0.1, 0.15) is 0 Å². The van der Waals surface area contributed by atoms with Gasteiger partial charge in [0.25, 0.3) is 0 Å². The SMILES string of the molecule is c1ccc(N(c2ccccc2)c2ccc3sc4ccc(-c5ccc6cc(-c7ccc8ccccc8c7)ccc6c5)cc4c3c2)cc1. The third-order valence-corrected chi connectivity index (χ3v) is 10.1. The van der Waals surface area contributed by atoms with Gasteiger partial charge in [-0.25, -0.2) is 0 Å². The molecule has 0 aliphatic carbocycles. The van der Waals surface area contributed by atoms with Gasteiger partial charge in [-0.15, -0.1) is 11.3 Å². The summed E-state index contributed by atoms with van der Waals surface area (Å²) in [5.41, 5.74) is 8.41. The molecule has 0 saturated heterocycles. The number of anilines is 3.